The average molecular weight is 205 g/mol. The van der Waals surface area contributed by atoms with Crippen molar-refractivity contribution >= 4 is 5.91 Å². The van der Waals surface area contributed by atoms with Crippen LogP contribution < -0.4 is 0 Å². The molecule has 80 valence electrons. The highest BCUT2D eigenvalue weighted by Gasteiger charge is 2.26. The molecule has 0 bridgehead atoms. The lowest BCUT2D eigenvalue weighted by atomic mass is 10.3. The second-order valence-corrected chi connectivity index (χ2v) is 3.87. The van der Waals surface area contributed by atoms with Gasteiger partial charge < -0.3 is 4.90 Å². The number of rotatable bonds is 2. The average Bonchev–Trinajstić information content (AvgIpc) is 2.84. The summed E-state index contributed by atoms with van der Waals surface area (Å²) in [4.78, 5) is 13.2. The minimum absolute atomic E-state index is 0.0152. The van der Waals surface area contributed by atoms with Gasteiger partial charge in [-0.05, 0) is 25.5 Å². The number of carbonyl (C=O) groups excluding carboxylic acids is 1. The molecule has 1 aromatic rings. The maximum absolute atomic E-state index is 11.4. The van der Waals surface area contributed by atoms with Crippen molar-refractivity contribution in [2.75, 3.05) is 13.1 Å². The third-order valence-corrected chi connectivity index (χ3v) is 2.77. The summed E-state index contributed by atoms with van der Waals surface area (Å²) in [5.41, 5.74) is 1.02. The van der Waals surface area contributed by atoms with E-state index >= 15 is 0 Å². The molecule has 1 aromatic heterocycles. The summed E-state index contributed by atoms with van der Waals surface area (Å²) in [6, 6.07) is 2.31. The highest BCUT2D eigenvalue weighted by molar-refractivity contribution is 5.87. The Kier molecular flexibility index (Phi) is 2.58. The SMILES string of the molecule is C=CC(=O)N1CCC(n2ccc(C)n2)C1. The van der Waals surface area contributed by atoms with E-state index in [1.165, 1.54) is 6.08 Å². The van der Waals surface area contributed by atoms with Gasteiger partial charge in [-0.25, -0.2) is 0 Å². The number of nitrogens with zero attached hydrogens (tertiary/aromatic N) is 3. The summed E-state index contributed by atoms with van der Waals surface area (Å²) in [6.45, 7) is 7.01. The number of amides is 1. The zero-order chi connectivity index (χ0) is 10.8. The highest BCUT2D eigenvalue weighted by atomic mass is 16.2. The largest absolute Gasteiger partial charge is 0.337 e. The third-order valence-electron chi connectivity index (χ3n) is 2.77. The molecule has 1 amide bonds. The summed E-state index contributed by atoms with van der Waals surface area (Å²) in [5, 5.41) is 4.37. The standard InChI is InChI=1S/C11H15N3O/c1-3-11(15)13-6-5-10(8-13)14-7-4-9(2)12-14/h3-4,7,10H,1,5-6,8H2,2H3. The number of aryl methyl sites for hydroxylation is 1. The second-order valence-electron chi connectivity index (χ2n) is 3.87. The molecule has 0 spiro atoms. The van der Waals surface area contributed by atoms with Gasteiger partial charge in [-0.3, -0.25) is 9.48 Å². The molecule has 2 rings (SSSR count). The maximum Gasteiger partial charge on any atom is 0.246 e. The van der Waals surface area contributed by atoms with Crippen LogP contribution in [-0.4, -0.2) is 33.7 Å². The molecule has 4 heteroatoms. The van der Waals surface area contributed by atoms with E-state index in [-0.39, 0.29) is 5.91 Å². The number of hydrogen-bond acceptors (Lipinski definition) is 2. The molecule has 0 aromatic carbocycles. The predicted octanol–water partition coefficient (Wildman–Crippen LogP) is 1.15. The summed E-state index contributed by atoms with van der Waals surface area (Å²) < 4.78 is 1.95. The van der Waals surface area contributed by atoms with Gasteiger partial charge in [0.25, 0.3) is 0 Å². The lowest BCUT2D eigenvalue weighted by Crippen LogP contribution is -2.27. The van der Waals surface area contributed by atoms with Crippen LogP contribution in [0.3, 0.4) is 0 Å². The van der Waals surface area contributed by atoms with Crippen molar-refractivity contribution < 1.29 is 4.79 Å². The Morgan fingerprint density at radius 2 is 2.53 bits per heavy atom. The fourth-order valence-electron chi connectivity index (χ4n) is 1.92. The van der Waals surface area contributed by atoms with Crippen molar-refractivity contribution in [1.82, 2.24) is 14.7 Å². The van der Waals surface area contributed by atoms with Crippen LogP contribution >= 0.6 is 0 Å². The molecular weight excluding hydrogens is 190 g/mol. The molecule has 15 heavy (non-hydrogen) atoms. The molecule has 1 saturated heterocycles. The van der Waals surface area contributed by atoms with Crippen LogP contribution in [0.15, 0.2) is 24.9 Å². The van der Waals surface area contributed by atoms with E-state index in [0.717, 1.165) is 25.2 Å². The molecule has 4 nitrogen and oxygen atoms in total. The Morgan fingerprint density at radius 3 is 3.13 bits per heavy atom. The zero-order valence-electron chi connectivity index (χ0n) is 8.89. The minimum atomic E-state index is 0.0152. The fourth-order valence-corrected chi connectivity index (χ4v) is 1.92. The van der Waals surface area contributed by atoms with E-state index in [2.05, 4.69) is 11.7 Å². The normalized spacial score (nSPS) is 20.6. The maximum atomic E-state index is 11.4. The summed E-state index contributed by atoms with van der Waals surface area (Å²) >= 11 is 0. The van der Waals surface area contributed by atoms with Gasteiger partial charge in [0.1, 0.15) is 0 Å². The first kappa shape index (κ1) is 9.96. The molecule has 1 aliphatic rings. The van der Waals surface area contributed by atoms with Crippen LogP contribution in [0.2, 0.25) is 0 Å². The lowest BCUT2D eigenvalue weighted by Gasteiger charge is -2.14. The molecule has 1 unspecified atom stereocenters. The number of carbonyl (C=O) groups is 1. The van der Waals surface area contributed by atoms with Gasteiger partial charge in [0.15, 0.2) is 0 Å². The van der Waals surface area contributed by atoms with Crippen LogP contribution in [0, 0.1) is 6.92 Å². The fraction of sp³-hybridized carbons (Fsp3) is 0.455. The van der Waals surface area contributed by atoms with Crippen molar-refractivity contribution in [2.45, 2.75) is 19.4 Å². The van der Waals surface area contributed by atoms with Crippen LogP contribution in [0.25, 0.3) is 0 Å². The van der Waals surface area contributed by atoms with E-state index in [1.807, 2.05) is 28.8 Å². The topological polar surface area (TPSA) is 38.1 Å². The first-order valence-electron chi connectivity index (χ1n) is 5.14. The van der Waals surface area contributed by atoms with Gasteiger partial charge in [-0.15, -0.1) is 0 Å². The predicted molar refractivity (Wildman–Crippen MR) is 57.4 cm³/mol. The van der Waals surface area contributed by atoms with E-state index in [4.69, 9.17) is 0 Å². The molecule has 2 heterocycles. The Balaban J connectivity index is 2.04. The van der Waals surface area contributed by atoms with Crippen molar-refractivity contribution in [2.24, 2.45) is 0 Å². The van der Waals surface area contributed by atoms with Gasteiger partial charge in [0.2, 0.25) is 5.91 Å². The minimum Gasteiger partial charge on any atom is -0.337 e. The van der Waals surface area contributed by atoms with E-state index < -0.39 is 0 Å². The molecule has 0 N–H and O–H groups in total. The van der Waals surface area contributed by atoms with E-state index in [0.29, 0.717) is 6.04 Å². The molecule has 1 fully saturated rings. The first-order valence-corrected chi connectivity index (χ1v) is 5.14. The van der Waals surface area contributed by atoms with Gasteiger partial charge in [-0.1, -0.05) is 6.58 Å². The van der Waals surface area contributed by atoms with E-state index in [1.54, 1.807) is 0 Å². The second kappa shape index (κ2) is 3.88. The van der Waals surface area contributed by atoms with Gasteiger partial charge in [0.05, 0.1) is 11.7 Å². The number of hydrogen-bond donors (Lipinski definition) is 0. The third kappa shape index (κ3) is 1.93. The van der Waals surface area contributed by atoms with Crippen LogP contribution in [0.1, 0.15) is 18.2 Å². The molecule has 0 saturated carbocycles. The summed E-state index contributed by atoms with van der Waals surface area (Å²) in [5.74, 6) is 0.0152. The molecule has 0 aliphatic carbocycles. The molecule has 0 radical (unpaired) electrons. The van der Waals surface area contributed by atoms with Crippen molar-refractivity contribution in [1.29, 1.82) is 0 Å². The smallest absolute Gasteiger partial charge is 0.246 e. The first-order chi connectivity index (χ1) is 7.20. The monoisotopic (exact) mass is 205 g/mol. The molecular formula is C11H15N3O. The Hall–Kier alpha value is -1.58. The Morgan fingerprint density at radius 1 is 1.73 bits per heavy atom. The van der Waals surface area contributed by atoms with Gasteiger partial charge >= 0.3 is 0 Å². The highest BCUT2D eigenvalue weighted by Crippen LogP contribution is 2.20. The number of aromatic nitrogens is 2. The molecule has 1 atom stereocenters. The number of likely N-dealkylation sites (tertiary alicyclic amines) is 1. The zero-order valence-corrected chi connectivity index (χ0v) is 8.89. The van der Waals surface area contributed by atoms with Crippen molar-refractivity contribution in [3.8, 4) is 0 Å². The van der Waals surface area contributed by atoms with Crippen LogP contribution in [-0.2, 0) is 4.79 Å². The summed E-state index contributed by atoms with van der Waals surface area (Å²) in [6.07, 6.45) is 4.32. The van der Waals surface area contributed by atoms with Crippen LogP contribution in [0.5, 0.6) is 0 Å². The van der Waals surface area contributed by atoms with Gasteiger partial charge in [0, 0.05) is 19.3 Å². The summed E-state index contributed by atoms with van der Waals surface area (Å²) in [7, 11) is 0. The van der Waals surface area contributed by atoms with Crippen molar-refractivity contribution in [3.05, 3.63) is 30.6 Å². The quantitative estimate of drug-likeness (QED) is 0.679. The lowest BCUT2D eigenvalue weighted by molar-refractivity contribution is -0.125. The Bertz CT molecular complexity index is 383. The Labute approximate surface area is 89.2 Å². The van der Waals surface area contributed by atoms with Crippen molar-refractivity contribution in [3.63, 3.8) is 0 Å². The van der Waals surface area contributed by atoms with E-state index in [9.17, 15) is 4.79 Å². The molecule has 1 aliphatic heterocycles. The van der Waals surface area contributed by atoms with Gasteiger partial charge in [-0.2, -0.15) is 5.10 Å². The van der Waals surface area contributed by atoms with Crippen LogP contribution in [0.4, 0.5) is 0 Å².